The van der Waals surface area contributed by atoms with Crippen molar-refractivity contribution in [3.05, 3.63) is 59.1 Å². The van der Waals surface area contributed by atoms with Crippen LogP contribution in [0.1, 0.15) is 15.2 Å². The molecule has 24 heavy (non-hydrogen) atoms. The maximum absolute atomic E-state index is 12.2. The van der Waals surface area contributed by atoms with Crippen LogP contribution < -0.4 is 10.5 Å². The highest BCUT2D eigenvalue weighted by Crippen LogP contribution is 2.27. The summed E-state index contributed by atoms with van der Waals surface area (Å²) in [5, 5.41) is 0. The average Bonchev–Trinajstić information content (AvgIpc) is 3.10. The number of benzene rings is 1. The minimum atomic E-state index is -0.309. The fraction of sp³-hybridized carbons (Fsp3) is 0.0588. The Labute approximate surface area is 142 Å². The van der Waals surface area contributed by atoms with Gasteiger partial charge in [-0.25, -0.2) is 15.0 Å². The van der Waals surface area contributed by atoms with Gasteiger partial charge in [0, 0.05) is 12.4 Å². The summed E-state index contributed by atoms with van der Waals surface area (Å²) in [6, 6.07) is 12.6. The standard InChI is InChI=1S/C17H14N4O2S/c1-23-12-4-2-3-11(9-12)10-20-16(22)15-6-5-14(24-15)13-7-8-19-17(18)21-13/h2-10H,1H3,(H2,18,19,21). The van der Waals surface area contributed by atoms with Gasteiger partial charge in [-0.15, -0.1) is 11.3 Å². The summed E-state index contributed by atoms with van der Waals surface area (Å²) < 4.78 is 5.14. The van der Waals surface area contributed by atoms with E-state index in [2.05, 4.69) is 15.0 Å². The van der Waals surface area contributed by atoms with Gasteiger partial charge in [-0.05, 0) is 35.9 Å². The molecule has 0 aliphatic carbocycles. The van der Waals surface area contributed by atoms with Crippen molar-refractivity contribution < 1.29 is 9.53 Å². The number of thiophene rings is 1. The van der Waals surface area contributed by atoms with Gasteiger partial charge in [0.25, 0.3) is 5.91 Å². The molecule has 3 rings (SSSR count). The summed E-state index contributed by atoms with van der Waals surface area (Å²) in [6.45, 7) is 0. The Hall–Kier alpha value is -3.06. The number of nitrogens with two attached hydrogens (primary N) is 1. The van der Waals surface area contributed by atoms with Crippen LogP contribution in [0.25, 0.3) is 10.6 Å². The van der Waals surface area contributed by atoms with Gasteiger partial charge in [-0.3, -0.25) is 4.79 Å². The SMILES string of the molecule is COc1cccc(C=NC(=O)c2ccc(-c3ccnc(N)n3)s2)c1. The lowest BCUT2D eigenvalue weighted by molar-refractivity contribution is 0.101. The fourth-order valence-electron chi connectivity index (χ4n) is 2.02. The minimum Gasteiger partial charge on any atom is -0.497 e. The molecule has 0 spiro atoms. The minimum absolute atomic E-state index is 0.199. The normalized spacial score (nSPS) is 10.9. The lowest BCUT2D eigenvalue weighted by Gasteiger charge is -1.99. The van der Waals surface area contributed by atoms with E-state index in [0.717, 1.165) is 10.4 Å². The zero-order valence-corrected chi connectivity index (χ0v) is 13.7. The molecule has 0 atom stereocenters. The molecule has 0 radical (unpaired) electrons. The first-order valence-electron chi connectivity index (χ1n) is 7.07. The summed E-state index contributed by atoms with van der Waals surface area (Å²) in [4.78, 5) is 25.6. The number of nitrogen functional groups attached to an aromatic ring is 1. The van der Waals surface area contributed by atoms with Crippen LogP contribution in [-0.4, -0.2) is 29.2 Å². The average molecular weight is 338 g/mol. The van der Waals surface area contributed by atoms with Crippen LogP contribution in [-0.2, 0) is 0 Å². The van der Waals surface area contributed by atoms with Crippen LogP contribution >= 0.6 is 11.3 Å². The molecule has 1 aromatic carbocycles. The number of amides is 1. The highest BCUT2D eigenvalue weighted by Gasteiger charge is 2.10. The molecular weight excluding hydrogens is 324 g/mol. The number of methoxy groups -OCH3 is 1. The van der Waals surface area contributed by atoms with Gasteiger partial charge in [0.15, 0.2) is 0 Å². The molecule has 120 valence electrons. The molecule has 0 unspecified atom stereocenters. The lowest BCUT2D eigenvalue weighted by Crippen LogP contribution is -1.94. The van der Waals surface area contributed by atoms with Gasteiger partial charge in [0.05, 0.1) is 22.6 Å². The third-order valence-corrected chi connectivity index (χ3v) is 4.26. The van der Waals surface area contributed by atoms with Crippen molar-refractivity contribution in [1.29, 1.82) is 0 Å². The van der Waals surface area contributed by atoms with Crippen LogP contribution in [0.3, 0.4) is 0 Å². The Morgan fingerprint density at radius 2 is 2.17 bits per heavy atom. The molecule has 2 heterocycles. The van der Waals surface area contributed by atoms with Crippen LogP contribution in [0.15, 0.2) is 53.7 Å². The predicted octanol–water partition coefficient (Wildman–Crippen LogP) is 3.06. The summed E-state index contributed by atoms with van der Waals surface area (Å²) in [5.41, 5.74) is 7.06. The van der Waals surface area contributed by atoms with Gasteiger partial charge in [0.2, 0.25) is 5.95 Å². The maximum Gasteiger partial charge on any atom is 0.287 e. The number of rotatable bonds is 4. The van der Waals surface area contributed by atoms with Crippen LogP contribution in [0.4, 0.5) is 5.95 Å². The zero-order valence-electron chi connectivity index (χ0n) is 12.8. The molecule has 2 aromatic heterocycles. The van der Waals surface area contributed by atoms with Gasteiger partial charge in [-0.2, -0.15) is 0 Å². The Kier molecular flexibility index (Phi) is 4.62. The van der Waals surface area contributed by atoms with E-state index in [1.807, 2.05) is 24.3 Å². The predicted molar refractivity (Wildman–Crippen MR) is 94.7 cm³/mol. The second kappa shape index (κ2) is 7.01. The monoisotopic (exact) mass is 338 g/mol. The highest BCUT2D eigenvalue weighted by molar-refractivity contribution is 7.17. The van der Waals surface area contributed by atoms with E-state index in [1.54, 1.807) is 31.5 Å². The first kappa shape index (κ1) is 15.8. The molecule has 6 nitrogen and oxygen atoms in total. The number of nitrogens with zero attached hydrogens (tertiary/aromatic N) is 3. The topological polar surface area (TPSA) is 90.5 Å². The van der Waals surface area contributed by atoms with Crippen molar-refractivity contribution in [3.63, 3.8) is 0 Å². The molecule has 0 saturated carbocycles. The van der Waals surface area contributed by atoms with Crippen molar-refractivity contribution in [3.8, 4) is 16.3 Å². The summed E-state index contributed by atoms with van der Waals surface area (Å²) in [5.74, 6) is 0.604. The Morgan fingerprint density at radius 3 is 2.96 bits per heavy atom. The molecule has 0 aliphatic rings. The van der Waals surface area contributed by atoms with Crippen LogP contribution in [0.2, 0.25) is 0 Å². The molecule has 0 aliphatic heterocycles. The van der Waals surface area contributed by atoms with E-state index in [1.165, 1.54) is 17.6 Å². The number of hydrogen-bond acceptors (Lipinski definition) is 6. The van der Waals surface area contributed by atoms with Crippen molar-refractivity contribution in [2.45, 2.75) is 0 Å². The van der Waals surface area contributed by atoms with Crippen LogP contribution in [0, 0.1) is 0 Å². The molecule has 2 N–H and O–H groups in total. The molecule has 7 heteroatoms. The van der Waals surface area contributed by atoms with E-state index in [-0.39, 0.29) is 11.9 Å². The number of aromatic nitrogens is 2. The van der Waals surface area contributed by atoms with Gasteiger partial charge >= 0.3 is 0 Å². The smallest absolute Gasteiger partial charge is 0.287 e. The summed E-state index contributed by atoms with van der Waals surface area (Å²) in [7, 11) is 1.59. The van der Waals surface area contributed by atoms with E-state index in [9.17, 15) is 4.79 Å². The fourth-order valence-corrected chi connectivity index (χ4v) is 2.89. The van der Waals surface area contributed by atoms with E-state index in [0.29, 0.717) is 16.3 Å². The number of carbonyl (C=O) groups is 1. The largest absolute Gasteiger partial charge is 0.497 e. The third kappa shape index (κ3) is 3.64. The third-order valence-electron chi connectivity index (χ3n) is 3.17. The molecule has 1 amide bonds. The first-order valence-corrected chi connectivity index (χ1v) is 7.88. The maximum atomic E-state index is 12.2. The lowest BCUT2D eigenvalue weighted by atomic mass is 10.2. The second-order valence-corrected chi connectivity index (χ2v) is 5.89. The van der Waals surface area contributed by atoms with Crippen molar-refractivity contribution in [2.75, 3.05) is 12.8 Å². The van der Waals surface area contributed by atoms with Crippen molar-refractivity contribution in [1.82, 2.24) is 9.97 Å². The molecule has 0 fully saturated rings. The Balaban J connectivity index is 1.77. The summed E-state index contributed by atoms with van der Waals surface area (Å²) >= 11 is 1.31. The number of aliphatic imine (C=N–C) groups is 1. The first-order chi connectivity index (χ1) is 11.7. The molecule has 3 aromatic rings. The van der Waals surface area contributed by atoms with E-state index >= 15 is 0 Å². The summed E-state index contributed by atoms with van der Waals surface area (Å²) in [6.07, 6.45) is 3.10. The van der Waals surface area contributed by atoms with Crippen molar-refractivity contribution in [2.24, 2.45) is 4.99 Å². The highest BCUT2D eigenvalue weighted by atomic mass is 32.1. The second-order valence-electron chi connectivity index (χ2n) is 4.80. The van der Waals surface area contributed by atoms with Gasteiger partial charge < -0.3 is 10.5 Å². The molecule has 0 saturated heterocycles. The van der Waals surface area contributed by atoms with E-state index in [4.69, 9.17) is 10.5 Å². The van der Waals surface area contributed by atoms with Gasteiger partial charge in [0.1, 0.15) is 5.75 Å². The van der Waals surface area contributed by atoms with Crippen molar-refractivity contribution >= 4 is 29.4 Å². The van der Waals surface area contributed by atoms with Gasteiger partial charge in [-0.1, -0.05) is 12.1 Å². The number of anilines is 1. The number of hydrogen-bond donors (Lipinski definition) is 1. The molecule has 0 bridgehead atoms. The number of carbonyl (C=O) groups excluding carboxylic acids is 1. The number of ether oxygens (including phenoxy) is 1. The quantitative estimate of drug-likeness (QED) is 0.738. The zero-order chi connectivity index (χ0) is 16.9. The van der Waals surface area contributed by atoms with E-state index < -0.39 is 0 Å². The Morgan fingerprint density at radius 1 is 1.29 bits per heavy atom. The molecular formula is C17H14N4O2S. The van der Waals surface area contributed by atoms with Crippen LogP contribution in [0.5, 0.6) is 5.75 Å². The Bertz CT molecular complexity index is 905.